The summed E-state index contributed by atoms with van der Waals surface area (Å²) in [6, 6.07) is -2.82. The van der Waals surface area contributed by atoms with Crippen LogP contribution < -0.4 is 11.1 Å². The molecule has 0 spiro atoms. The van der Waals surface area contributed by atoms with Crippen LogP contribution in [0.5, 0.6) is 0 Å². The van der Waals surface area contributed by atoms with Crippen LogP contribution in [0.15, 0.2) is 0 Å². The molecular formula is C5H8N2O2. The van der Waals surface area contributed by atoms with Crippen LogP contribution >= 0.6 is 0 Å². The van der Waals surface area contributed by atoms with Gasteiger partial charge in [0.1, 0.15) is 0 Å². The van der Waals surface area contributed by atoms with Crippen molar-refractivity contribution < 1.29 is 16.4 Å². The molecule has 4 nitrogen and oxygen atoms in total. The van der Waals surface area contributed by atoms with Gasteiger partial charge >= 0.3 is 0 Å². The molecule has 1 unspecified atom stereocenters. The summed E-state index contributed by atoms with van der Waals surface area (Å²) in [6.45, 7) is 0. The van der Waals surface area contributed by atoms with Crippen molar-refractivity contribution in [2.75, 3.05) is 0 Å². The fourth-order valence-corrected chi connectivity index (χ4v) is 0.383. The summed E-state index contributed by atoms with van der Waals surface area (Å²) in [4.78, 5) is 21.9. The van der Waals surface area contributed by atoms with Gasteiger partial charge in [0.2, 0.25) is 11.8 Å². The molecule has 0 aliphatic carbocycles. The molecule has 1 aliphatic rings. The molecule has 1 fully saturated rings. The molecule has 0 aromatic heterocycles. The number of carbonyl (C=O) groups is 2. The highest BCUT2D eigenvalue weighted by molar-refractivity contribution is 6.00. The van der Waals surface area contributed by atoms with Crippen molar-refractivity contribution in [1.29, 1.82) is 0 Å². The highest BCUT2D eigenvalue weighted by atomic mass is 16.2. The van der Waals surface area contributed by atoms with Gasteiger partial charge in [0, 0.05) is 11.9 Å². The molecule has 9 heavy (non-hydrogen) atoms. The number of hydrogen-bond donors (Lipinski definition) is 2. The van der Waals surface area contributed by atoms with Gasteiger partial charge in [-0.25, -0.2) is 0 Å². The zero-order chi connectivity index (χ0) is 11.4. The van der Waals surface area contributed by atoms with Crippen LogP contribution in [0.1, 0.15) is 19.6 Å². The number of rotatable bonds is 0. The van der Waals surface area contributed by atoms with Crippen molar-refractivity contribution in [2.45, 2.75) is 18.8 Å². The van der Waals surface area contributed by atoms with Crippen molar-refractivity contribution in [2.24, 2.45) is 5.73 Å². The fraction of sp³-hybridized carbons (Fsp3) is 0.600. The topological polar surface area (TPSA) is 72.2 Å². The van der Waals surface area contributed by atoms with Crippen molar-refractivity contribution >= 4 is 11.8 Å². The molecule has 1 rings (SSSR count). The molecule has 1 heterocycles. The fourth-order valence-electron chi connectivity index (χ4n) is 0.383. The lowest BCUT2D eigenvalue weighted by atomic mass is 10.1. The van der Waals surface area contributed by atoms with Crippen LogP contribution in [-0.4, -0.2) is 17.8 Å². The van der Waals surface area contributed by atoms with Crippen molar-refractivity contribution in [3.8, 4) is 0 Å². The van der Waals surface area contributed by atoms with E-state index in [-0.39, 0.29) is 0 Å². The van der Waals surface area contributed by atoms with E-state index in [1.807, 2.05) is 0 Å². The number of carbonyl (C=O) groups excluding carboxylic acids is 2. The Labute approximate surface area is 59.4 Å². The second kappa shape index (κ2) is 2.14. The molecular weight excluding hydrogens is 120 g/mol. The van der Waals surface area contributed by atoms with Crippen LogP contribution in [0.3, 0.4) is 0 Å². The van der Waals surface area contributed by atoms with Crippen LogP contribution in [0.25, 0.3) is 0 Å². The third-order valence-corrected chi connectivity index (χ3v) is 0.782. The predicted molar refractivity (Wildman–Crippen MR) is 30.4 cm³/mol. The molecule has 1 aliphatic heterocycles. The highest BCUT2D eigenvalue weighted by Gasteiger charge is 2.22. The summed E-state index contributed by atoms with van der Waals surface area (Å²) < 4.78 is 35.8. The normalized spacial score (nSPS) is 55.4. The third-order valence-electron chi connectivity index (χ3n) is 0.782. The molecule has 0 bridgehead atoms. The molecule has 0 aromatic rings. The summed E-state index contributed by atoms with van der Waals surface area (Å²) in [7, 11) is 0. The average Bonchev–Trinajstić information content (AvgIpc) is 2.01. The second-order valence-electron chi connectivity index (χ2n) is 1.45. The summed E-state index contributed by atoms with van der Waals surface area (Å²) in [5.74, 6) is -2.76. The number of piperidine rings is 1. The Morgan fingerprint density at radius 3 is 3.22 bits per heavy atom. The van der Waals surface area contributed by atoms with Crippen LogP contribution in [0.2, 0.25) is 0 Å². The Bertz CT molecular complexity index is 285. The zero-order valence-corrected chi connectivity index (χ0v) is 4.39. The molecule has 50 valence electrons. The van der Waals surface area contributed by atoms with Crippen molar-refractivity contribution in [1.82, 2.24) is 5.32 Å². The number of amides is 2. The van der Waals surface area contributed by atoms with E-state index in [0.29, 0.717) is 0 Å². The molecule has 1 atom stereocenters. The maximum absolute atomic E-state index is 11.0. The number of imide groups is 1. The number of nitrogens with one attached hydrogen (secondary N) is 1. The maximum atomic E-state index is 11.0. The minimum absolute atomic E-state index is 1.34. The average molecular weight is 133 g/mol. The van der Waals surface area contributed by atoms with Crippen LogP contribution in [0, 0.1) is 0 Å². The van der Waals surface area contributed by atoms with E-state index in [4.69, 9.17) is 12.6 Å². The molecule has 0 aromatic carbocycles. The molecule has 0 saturated carbocycles. The van der Waals surface area contributed by atoms with E-state index in [0.717, 1.165) is 0 Å². The summed E-state index contributed by atoms with van der Waals surface area (Å²) >= 11 is 0. The van der Waals surface area contributed by atoms with E-state index in [1.54, 1.807) is 0 Å². The lowest BCUT2D eigenvalue weighted by molar-refractivity contribution is -0.134. The van der Waals surface area contributed by atoms with Crippen molar-refractivity contribution in [3.05, 3.63) is 0 Å². The predicted octanol–water partition coefficient (Wildman–Crippen LogP) is -1.25. The smallest absolute Gasteiger partial charge is 0.243 e. The summed E-state index contributed by atoms with van der Waals surface area (Å²) in [6.07, 6.45) is -6.07. The Morgan fingerprint density at radius 1 is 1.89 bits per heavy atom. The molecule has 1 saturated heterocycles. The van der Waals surface area contributed by atoms with Gasteiger partial charge in [-0.1, -0.05) is 0 Å². The standard InChI is InChI=1S/C5H8N2O2/c6-3-1-2-4(8)7-5(3)9/h3H,1-2,6H2,(H,7,8,9)/i1D2,2D2,3D. The van der Waals surface area contributed by atoms with Gasteiger partial charge in [0.05, 0.1) is 7.39 Å². The summed E-state index contributed by atoms with van der Waals surface area (Å²) in [5, 5.41) is 1.51. The Hall–Kier alpha value is -0.900. The van der Waals surface area contributed by atoms with Crippen molar-refractivity contribution in [3.63, 3.8) is 0 Å². The van der Waals surface area contributed by atoms with Gasteiger partial charge in [-0.15, -0.1) is 0 Å². The Kier molecular flexibility index (Phi) is 0.567. The van der Waals surface area contributed by atoms with Gasteiger partial charge in [0.15, 0.2) is 0 Å². The quantitative estimate of drug-likeness (QED) is 0.405. The van der Waals surface area contributed by atoms with Gasteiger partial charge < -0.3 is 5.73 Å². The molecule has 4 heteroatoms. The SMILES string of the molecule is [2H]C1([2H])C(=O)NC(=O)C([2H])(N)C1([2H])[2H]. The van der Waals surface area contributed by atoms with Gasteiger partial charge in [-0.3, -0.25) is 14.9 Å². The largest absolute Gasteiger partial charge is 0.320 e. The van der Waals surface area contributed by atoms with E-state index < -0.39 is 30.6 Å². The van der Waals surface area contributed by atoms with E-state index in [9.17, 15) is 9.59 Å². The third kappa shape index (κ3) is 1.26. The highest BCUT2D eigenvalue weighted by Crippen LogP contribution is 2.00. The van der Waals surface area contributed by atoms with Crippen LogP contribution in [0.4, 0.5) is 0 Å². The minimum atomic E-state index is -3.07. The summed E-state index contributed by atoms with van der Waals surface area (Å²) in [5.41, 5.74) is 5.02. The second-order valence-corrected chi connectivity index (χ2v) is 1.45. The lowest BCUT2D eigenvalue weighted by Crippen LogP contribution is -2.48. The molecule has 3 N–H and O–H groups in total. The maximum Gasteiger partial charge on any atom is 0.243 e. The molecule has 0 radical (unpaired) electrons. The Balaban J connectivity index is 3.31. The first-order valence-electron chi connectivity index (χ1n) is 4.70. The van der Waals surface area contributed by atoms with Gasteiger partial charge in [-0.2, -0.15) is 0 Å². The van der Waals surface area contributed by atoms with E-state index in [2.05, 4.69) is 0 Å². The zero-order valence-electron chi connectivity index (χ0n) is 9.39. The first-order valence-corrected chi connectivity index (χ1v) is 2.20. The first kappa shape index (κ1) is 2.38. The monoisotopic (exact) mass is 133 g/mol. The van der Waals surface area contributed by atoms with E-state index >= 15 is 0 Å². The first-order chi connectivity index (χ1) is 6.05. The lowest BCUT2D eigenvalue weighted by Gasteiger charge is -2.15. The van der Waals surface area contributed by atoms with Gasteiger partial charge in [-0.05, 0) is 6.37 Å². The molecule has 2 amide bonds. The number of nitrogens with two attached hydrogens (primary N) is 1. The van der Waals surface area contributed by atoms with Crippen LogP contribution in [-0.2, 0) is 9.59 Å². The van der Waals surface area contributed by atoms with E-state index in [1.165, 1.54) is 5.32 Å². The van der Waals surface area contributed by atoms with Gasteiger partial charge in [0.25, 0.3) is 0 Å². The number of hydrogen-bond acceptors (Lipinski definition) is 3. The minimum Gasteiger partial charge on any atom is -0.320 e. The Morgan fingerprint density at radius 2 is 2.56 bits per heavy atom.